The second kappa shape index (κ2) is 11.3. The highest BCUT2D eigenvalue weighted by atomic mass is 16.3. The van der Waals surface area contributed by atoms with E-state index in [0.717, 1.165) is 74.7 Å². The van der Waals surface area contributed by atoms with Crippen LogP contribution < -0.4 is 15.5 Å². The Morgan fingerprint density at radius 3 is 2.06 bits per heavy atom. The summed E-state index contributed by atoms with van der Waals surface area (Å²) in [6.45, 7) is 4.14. The summed E-state index contributed by atoms with van der Waals surface area (Å²) in [7, 11) is 0. The summed E-state index contributed by atoms with van der Waals surface area (Å²) in [4.78, 5) is 19.8. The third kappa shape index (κ3) is 5.71. The number of azide groups is 1. The molecule has 1 fully saturated rings. The number of piperazine rings is 1. The Kier molecular flexibility index (Phi) is 7.72. The van der Waals surface area contributed by atoms with Gasteiger partial charge in [0.25, 0.3) is 0 Å². The fraction of sp³-hybridized carbons (Fsp3) is 0.417. The number of nitrogens with zero attached hydrogens (tertiary/aromatic N) is 7. The first-order chi connectivity index (χ1) is 16.7. The second-order valence-electron chi connectivity index (χ2n) is 8.41. The van der Waals surface area contributed by atoms with Crippen molar-refractivity contribution in [1.82, 2.24) is 14.8 Å². The van der Waals surface area contributed by atoms with Crippen LogP contribution in [0.2, 0.25) is 0 Å². The minimum atomic E-state index is -0.228. The third-order valence-electron chi connectivity index (χ3n) is 6.18. The largest absolute Gasteiger partial charge is 0.508 e. The molecule has 178 valence electrons. The molecule has 0 radical (unpaired) electrons. The maximum absolute atomic E-state index is 12.4. The van der Waals surface area contributed by atoms with Gasteiger partial charge in [-0.3, -0.25) is 0 Å². The Labute approximate surface area is 198 Å². The minimum absolute atomic E-state index is 0.228. The Hall–Kier alpha value is -3.91. The number of aromatic hydroxyl groups is 1. The Bertz CT molecular complexity index is 1150. The number of aromatic amines is 1. The van der Waals surface area contributed by atoms with Crippen molar-refractivity contribution in [2.75, 3.05) is 42.5 Å². The van der Waals surface area contributed by atoms with Crippen molar-refractivity contribution in [3.05, 3.63) is 75.3 Å². The van der Waals surface area contributed by atoms with Crippen LogP contribution in [0.3, 0.4) is 0 Å². The van der Waals surface area contributed by atoms with Crippen LogP contribution >= 0.6 is 0 Å². The van der Waals surface area contributed by atoms with Gasteiger partial charge in [-0.2, -0.15) is 5.10 Å². The molecule has 10 heteroatoms. The average molecular weight is 463 g/mol. The van der Waals surface area contributed by atoms with E-state index >= 15 is 0 Å². The van der Waals surface area contributed by atoms with E-state index in [9.17, 15) is 9.90 Å². The van der Waals surface area contributed by atoms with Gasteiger partial charge in [0.05, 0.1) is 5.69 Å². The number of rotatable bonds is 10. The predicted octanol–water partition coefficient (Wildman–Crippen LogP) is 4.01. The molecule has 1 aliphatic heterocycles. The zero-order valence-corrected chi connectivity index (χ0v) is 19.2. The highest BCUT2D eigenvalue weighted by Crippen LogP contribution is 2.23. The minimum Gasteiger partial charge on any atom is -0.508 e. The number of phenolic OH excluding ortho intramolecular Hbond substituents is 1. The number of hydrogen-bond acceptors (Lipinski definition) is 6. The number of anilines is 2. The van der Waals surface area contributed by atoms with Gasteiger partial charge < -0.3 is 14.9 Å². The van der Waals surface area contributed by atoms with Gasteiger partial charge in [-0.1, -0.05) is 18.0 Å². The van der Waals surface area contributed by atoms with Crippen molar-refractivity contribution in [3.8, 4) is 11.4 Å². The number of aryl methyl sites for hydroxylation is 1. The molecule has 0 amide bonds. The SMILES string of the molecule is [N-]=[N+]=NCCCCCCc1n[nH]c(=O)n1-c1ccc(N2CCN(c3ccc(O)cc3)CC2)cc1. The molecule has 10 nitrogen and oxygen atoms in total. The molecule has 4 rings (SSSR count). The first-order valence-corrected chi connectivity index (χ1v) is 11.7. The highest BCUT2D eigenvalue weighted by molar-refractivity contribution is 5.54. The zero-order chi connectivity index (χ0) is 23.8. The quantitative estimate of drug-likeness (QED) is 0.204. The number of benzene rings is 2. The van der Waals surface area contributed by atoms with E-state index in [1.54, 1.807) is 16.7 Å². The van der Waals surface area contributed by atoms with E-state index < -0.39 is 0 Å². The molecule has 0 atom stereocenters. The van der Waals surface area contributed by atoms with E-state index in [1.807, 2.05) is 24.3 Å². The van der Waals surface area contributed by atoms with E-state index in [4.69, 9.17) is 5.53 Å². The number of unbranched alkanes of at least 4 members (excludes halogenated alkanes) is 3. The lowest BCUT2D eigenvalue weighted by atomic mass is 10.1. The van der Waals surface area contributed by atoms with Crippen LogP contribution in [0.5, 0.6) is 5.75 Å². The van der Waals surface area contributed by atoms with Gasteiger partial charge >= 0.3 is 5.69 Å². The highest BCUT2D eigenvalue weighted by Gasteiger charge is 2.18. The molecule has 0 aliphatic carbocycles. The van der Waals surface area contributed by atoms with E-state index in [1.165, 1.54) is 0 Å². The molecule has 1 aliphatic rings. The lowest BCUT2D eigenvalue weighted by molar-refractivity contribution is 0.475. The van der Waals surface area contributed by atoms with Crippen LogP contribution in [-0.2, 0) is 6.42 Å². The van der Waals surface area contributed by atoms with Crippen LogP contribution in [0.15, 0.2) is 58.4 Å². The van der Waals surface area contributed by atoms with Crippen molar-refractivity contribution in [2.24, 2.45) is 5.11 Å². The number of hydrogen-bond donors (Lipinski definition) is 2. The third-order valence-corrected chi connectivity index (χ3v) is 6.18. The summed E-state index contributed by atoms with van der Waals surface area (Å²) < 4.78 is 1.65. The maximum Gasteiger partial charge on any atom is 0.347 e. The van der Waals surface area contributed by atoms with Gasteiger partial charge in [0.1, 0.15) is 11.6 Å². The van der Waals surface area contributed by atoms with Crippen molar-refractivity contribution in [1.29, 1.82) is 0 Å². The molecule has 2 heterocycles. The molecule has 1 aromatic heterocycles. The molecular weight excluding hydrogens is 432 g/mol. The molecule has 0 spiro atoms. The predicted molar refractivity (Wildman–Crippen MR) is 133 cm³/mol. The smallest absolute Gasteiger partial charge is 0.347 e. The summed E-state index contributed by atoms with van der Waals surface area (Å²) in [6, 6.07) is 15.4. The Morgan fingerprint density at radius 2 is 1.44 bits per heavy atom. The lowest BCUT2D eigenvalue weighted by Gasteiger charge is -2.37. The van der Waals surface area contributed by atoms with Gasteiger partial charge in [0.15, 0.2) is 0 Å². The zero-order valence-electron chi connectivity index (χ0n) is 19.2. The Balaban J connectivity index is 1.33. The fourth-order valence-electron chi connectivity index (χ4n) is 4.33. The number of H-pyrrole nitrogens is 1. The van der Waals surface area contributed by atoms with Crippen molar-refractivity contribution < 1.29 is 5.11 Å². The normalized spacial score (nSPS) is 13.6. The van der Waals surface area contributed by atoms with E-state index in [-0.39, 0.29) is 11.4 Å². The molecule has 1 saturated heterocycles. The summed E-state index contributed by atoms with van der Waals surface area (Å²) in [5.41, 5.74) is 11.1. The van der Waals surface area contributed by atoms with Crippen LogP contribution in [0.25, 0.3) is 16.1 Å². The monoisotopic (exact) mass is 462 g/mol. The molecule has 2 N–H and O–H groups in total. The molecular formula is C24H30N8O2. The number of nitrogens with one attached hydrogen (secondary N) is 1. The molecule has 0 bridgehead atoms. The van der Waals surface area contributed by atoms with E-state index in [2.05, 4.69) is 42.2 Å². The van der Waals surface area contributed by atoms with Crippen molar-refractivity contribution in [2.45, 2.75) is 32.1 Å². The number of aromatic nitrogens is 3. The summed E-state index contributed by atoms with van der Waals surface area (Å²) in [5, 5.41) is 19.8. The molecule has 34 heavy (non-hydrogen) atoms. The molecule has 3 aromatic rings. The van der Waals surface area contributed by atoms with Crippen LogP contribution in [-0.4, -0.2) is 52.6 Å². The molecule has 0 unspecified atom stereocenters. The van der Waals surface area contributed by atoms with Gasteiger partial charge in [-0.15, -0.1) is 0 Å². The van der Waals surface area contributed by atoms with Gasteiger partial charge in [-0.05, 0) is 66.9 Å². The second-order valence-corrected chi connectivity index (χ2v) is 8.41. The first kappa shape index (κ1) is 23.3. The van der Waals surface area contributed by atoms with Crippen molar-refractivity contribution >= 4 is 11.4 Å². The topological polar surface area (TPSA) is 126 Å². The molecule has 0 saturated carbocycles. The summed E-state index contributed by atoms with van der Waals surface area (Å²) >= 11 is 0. The molecule has 2 aromatic carbocycles. The fourth-order valence-corrected chi connectivity index (χ4v) is 4.33. The average Bonchev–Trinajstić information content (AvgIpc) is 3.24. The van der Waals surface area contributed by atoms with E-state index in [0.29, 0.717) is 13.0 Å². The summed E-state index contributed by atoms with van der Waals surface area (Å²) in [5.74, 6) is 1.01. The maximum atomic E-state index is 12.4. The van der Waals surface area contributed by atoms with Gasteiger partial charge in [-0.25, -0.2) is 14.5 Å². The Morgan fingerprint density at radius 1 is 0.882 bits per heavy atom. The van der Waals surface area contributed by atoms with Crippen molar-refractivity contribution in [3.63, 3.8) is 0 Å². The van der Waals surface area contributed by atoms with Gasteiger partial charge in [0, 0.05) is 55.4 Å². The number of phenols is 1. The first-order valence-electron chi connectivity index (χ1n) is 11.7. The van der Waals surface area contributed by atoms with Crippen LogP contribution in [0.1, 0.15) is 31.5 Å². The lowest BCUT2D eigenvalue weighted by Crippen LogP contribution is -2.46. The van der Waals surface area contributed by atoms with Gasteiger partial charge in [0.2, 0.25) is 0 Å². The summed E-state index contributed by atoms with van der Waals surface area (Å²) in [6.07, 6.45) is 4.49. The standard InChI is InChI=1S/C24H30N8O2/c25-29-26-14-4-2-1-3-5-23-27-28-24(34)32(23)21-8-6-19(7-9-21)30-15-17-31(18-16-30)20-10-12-22(33)13-11-20/h6-13,33H,1-5,14-18H2,(H,28,34). The van der Waals surface area contributed by atoms with Crippen LogP contribution in [0, 0.1) is 0 Å². The van der Waals surface area contributed by atoms with Crippen LogP contribution in [0.4, 0.5) is 11.4 Å².